The monoisotopic (exact) mass is 558 g/mol. The minimum absolute atomic E-state index is 0.0291. The van der Waals surface area contributed by atoms with E-state index in [9.17, 15) is 18.7 Å². The second-order valence-electron chi connectivity index (χ2n) is 8.21. The number of halogens is 2. The number of fused-ring (bicyclic) bond motifs is 1. The van der Waals surface area contributed by atoms with Gasteiger partial charge < -0.3 is 35.5 Å². The van der Waals surface area contributed by atoms with Crippen LogP contribution in [0.2, 0.25) is 0 Å². The zero-order valence-corrected chi connectivity index (χ0v) is 21.1. The first-order valence-electron chi connectivity index (χ1n) is 11.5. The lowest BCUT2D eigenvalue weighted by molar-refractivity contribution is -0.159. The smallest absolute Gasteiger partial charge is 0.414 e. The number of oxazole rings is 1. The van der Waals surface area contributed by atoms with Crippen LogP contribution in [0.3, 0.4) is 0 Å². The number of amides is 1. The highest BCUT2D eigenvalue weighted by Crippen LogP contribution is 2.35. The summed E-state index contributed by atoms with van der Waals surface area (Å²) in [4.78, 5) is 39.9. The largest absolute Gasteiger partial charge is 0.494 e. The first-order chi connectivity index (χ1) is 19.0. The molecule has 0 radical (unpaired) electrons. The average Bonchev–Trinajstić information content (AvgIpc) is 3.37. The van der Waals surface area contributed by atoms with Gasteiger partial charge in [-0.25, -0.2) is 28.3 Å². The molecule has 4 aromatic rings. The summed E-state index contributed by atoms with van der Waals surface area (Å²) >= 11 is 0. The van der Waals surface area contributed by atoms with Gasteiger partial charge >= 0.3 is 11.9 Å². The van der Waals surface area contributed by atoms with Crippen molar-refractivity contribution in [2.24, 2.45) is 5.73 Å². The third kappa shape index (κ3) is 6.73. The molecule has 1 atom stereocenters. The Morgan fingerprint density at radius 3 is 2.38 bits per heavy atom. The molecule has 0 spiro atoms. The van der Waals surface area contributed by atoms with Crippen LogP contribution in [0.1, 0.15) is 33.5 Å². The number of ether oxygens (including phenoxy) is 1. The lowest BCUT2D eigenvalue weighted by Gasteiger charge is -2.09. The van der Waals surface area contributed by atoms with Gasteiger partial charge in [-0.1, -0.05) is 12.1 Å². The number of aliphatic hydroxyl groups excluding tert-OH is 1. The Morgan fingerprint density at radius 1 is 1.07 bits per heavy atom. The lowest BCUT2D eigenvalue weighted by atomic mass is 10.1. The summed E-state index contributed by atoms with van der Waals surface area (Å²) in [5.41, 5.74) is 7.81. The van der Waals surface area contributed by atoms with Crippen molar-refractivity contribution < 1.29 is 47.6 Å². The van der Waals surface area contributed by atoms with Gasteiger partial charge in [0.2, 0.25) is 5.89 Å². The summed E-state index contributed by atoms with van der Waals surface area (Å²) in [6.45, 7) is 1.14. The molecule has 6 N–H and O–H groups in total. The summed E-state index contributed by atoms with van der Waals surface area (Å²) in [6, 6.07) is 9.11. The minimum Gasteiger partial charge on any atom is -0.494 e. The van der Waals surface area contributed by atoms with E-state index in [-0.39, 0.29) is 29.5 Å². The van der Waals surface area contributed by atoms with Crippen molar-refractivity contribution in [2.75, 3.05) is 13.7 Å². The summed E-state index contributed by atoms with van der Waals surface area (Å²) in [5, 5.41) is 27.5. The number of hydrogen-bond acceptors (Lipinski definition) is 9. The molecular formula is C26H24F2N4O8. The minimum atomic E-state index is -1.82. The second kappa shape index (κ2) is 12.7. The molecule has 1 amide bonds. The van der Waals surface area contributed by atoms with Gasteiger partial charge in [-0.2, -0.15) is 0 Å². The quantitative estimate of drug-likeness (QED) is 0.209. The zero-order valence-electron chi connectivity index (χ0n) is 21.1. The zero-order chi connectivity index (χ0) is 29.6. The average molecular weight is 558 g/mol. The van der Waals surface area contributed by atoms with Crippen molar-refractivity contribution >= 4 is 28.7 Å². The fraction of sp³-hybridized carbons (Fsp3) is 0.192. The Kier molecular flexibility index (Phi) is 9.42. The number of rotatable bonds is 7. The van der Waals surface area contributed by atoms with Crippen LogP contribution in [-0.2, 0) is 16.1 Å². The van der Waals surface area contributed by atoms with Gasteiger partial charge in [0.05, 0.1) is 19.8 Å². The molecule has 0 saturated carbocycles. The summed E-state index contributed by atoms with van der Waals surface area (Å²) in [5.74, 6) is -5.23. The van der Waals surface area contributed by atoms with E-state index in [0.29, 0.717) is 22.2 Å². The van der Waals surface area contributed by atoms with Gasteiger partial charge in [0.25, 0.3) is 5.91 Å². The number of aromatic nitrogens is 2. The van der Waals surface area contributed by atoms with Gasteiger partial charge in [0, 0.05) is 34.8 Å². The van der Waals surface area contributed by atoms with E-state index in [1.807, 2.05) is 19.1 Å². The maximum atomic E-state index is 13.9. The third-order valence-corrected chi connectivity index (χ3v) is 5.45. The highest BCUT2D eigenvalue weighted by molar-refractivity contribution is 6.27. The molecule has 0 aliphatic rings. The number of nitrogens with zero attached hydrogens (tertiary/aromatic N) is 2. The van der Waals surface area contributed by atoms with Gasteiger partial charge in [0.15, 0.2) is 11.5 Å². The number of nitrogens with one attached hydrogen (secondary N) is 1. The van der Waals surface area contributed by atoms with E-state index in [4.69, 9.17) is 34.7 Å². The summed E-state index contributed by atoms with van der Waals surface area (Å²) < 4.78 is 38.3. The number of carboxylic acids is 2. The van der Waals surface area contributed by atoms with Crippen LogP contribution >= 0.6 is 0 Å². The van der Waals surface area contributed by atoms with Gasteiger partial charge in [-0.15, -0.1) is 0 Å². The fourth-order valence-electron chi connectivity index (χ4n) is 3.51. The second-order valence-corrected chi connectivity index (χ2v) is 8.21. The van der Waals surface area contributed by atoms with Gasteiger partial charge in [0.1, 0.15) is 22.9 Å². The van der Waals surface area contributed by atoms with Crippen molar-refractivity contribution in [3.63, 3.8) is 0 Å². The predicted molar refractivity (Wildman–Crippen MR) is 135 cm³/mol. The maximum absolute atomic E-state index is 13.9. The Bertz CT molecular complexity index is 1560. The van der Waals surface area contributed by atoms with Crippen molar-refractivity contribution in [2.45, 2.75) is 19.5 Å². The maximum Gasteiger partial charge on any atom is 0.414 e. The standard InChI is InChI=1S/C24H22F2N4O4.C2H2O4/c1-12-3-6-15-16(7-8-19(33-2)20(15)29-12)24-30-21(22(34-24)18(27)11-31)23(32)28-10-13-4-5-14(25)9-17(13)26;3-1(4)2(5)6/h3-9,18,31H,10-11,27H2,1-2H3,(H,28,32);(H,3,4)(H,5,6)/t18-;/m0./s1. The molecule has 4 rings (SSSR count). The molecule has 14 heteroatoms. The van der Waals surface area contributed by atoms with Gasteiger partial charge in [-0.05, 0) is 31.2 Å². The Morgan fingerprint density at radius 2 is 1.77 bits per heavy atom. The van der Waals surface area contributed by atoms with Crippen LogP contribution in [0.5, 0.6) is 5.75 Å². The van der Waals surface area contributed by atoms with Crippen LogP contribution in [0, 0.1) is 18.6 Å². The molecule has 0 bridgehead atoms. The first kappa shape index (κ1) is 29.6. The molecule has 0 saturated heterocycles. The molecule has 2 heterocycles. The Hall–Kier alpha value is -4.95. The Balaban J connectivity index is 0.000000663. The number of carbonyl (C=O) groups excluding carboxylic acids is 1. The third-order valence-electron chi connectivity index (χ3n) is 5.45. The predicted octanol–water partition coefficient (Wildman–Crippen LogP) is 2.56. The number of benzene rings is 2. The van der Waals surface area contributed by atoms with E-state index in [2.05, 4.69) is 15.3 Å². The van der Waals surface area contributed by atoms with E-state index in [1.165, 1.54) is 13.2 Å². The number of nitrogens with two attached hydrogens (primary N) is 1. The van der Waals surface area contributed by atoms with Crippen LogP contribution in [-0.4, -0.2) is 56.9 Å². The Labute approximate surface area is 225 Å². The number of aliphatic hydroxyl groups is 1. The number of pyridine rings is 1. The summed E-state index contributed by atoms with van der Waals surface area (Å²) in [6.07, 6.45) is 0. The number of aliphatic carboxylic acids is 2. The number of carbonyl (C=O) groups is 3. The van der Waals surface area contributed by atoms with Crippen LogP contribution in [0.15, 0.2) is 46.9 Å². The molecule has 12 nitrogen and oxygen atoms in total. The number of carboxylic acid groups (broad SMARTS) is 2. The normalized spacial score (nSPS) is 11.3. The van der Waals surface area contributed by atoms with E-state index in [0.717, 1.165) is 17.8 Å². The van der Waals surface area contributed by atoms with E-state index in [1.54, 1.807) is 12.1 Å². The van der Waals surface area contributed by atoms with E-state index < -0.39 is 42.1 Å². The molecule has 40 heavy (non-hydrogen) atoms. The number of hydrogen-bond donors (Lipinski definition) is 5. The van der Waals surface area contributed by atoms with Gasteiger partial charge in [-0.3, -0.25) is 4.79 Å². The topological polar surface area (TPSA) is 198 Å². The van der Waals surface area contributed by atoms with Crippen LogP contribution in [0.25, 0.3) is 22.4 Å². The molecule has 2 aromatic carbocycles. The van der Waals surface area contributed by atoms with Crippen LogP contribution in [0.4, 0.5) is 8.78 Å². The molecule has 0 fully saturated rings. The summed E-state index contributed by atoms with van der Waals surface area (Å²) in [7, 11) is 1.54. The SMILES string of the molecule is COc1ccc(-c2nc(C(=O)NCc3ccc(F)cc3F)c([C@@H](N)CO)o2)c2ccc(C)nc12.O=C(O)C(=O)O. The number of methoxy groups -OCH3 is 1. The fourth-order valence-corrected chi connectivity index (χ4v) is 3.51. The number of aryl methyl sites for hydroxylation is 1. The van der Waals surface area contributed by atoms with E-state index >= 15 is 0 Å². The molecule has 0 aliphatic carbocycles. The molecule has 210 valence electrons. The molecule has 0 unspecified atom stereocenters. The molecule has 2 aromatic heterocycles. The lowest BCUT2D eigenvalue weighted by Crippen LogP contribution is -2.26. The molecule has 0 aliphatic heterocycles. The van der Waals surface area contributed by atoms with Crippen molar-refractivity contribution in [1.82, 2.24) is 15.3 Å². The van der Waals surface area contributed by atoms with Crippen LogP contribution < -0.4 is 15.8 Å². The first-order valence-corrected chi connectivity index (χ1v) is 11.5. The molecular weight excluding hydrogens is 534 g/mol. The van der Waals surface area contributed by atoms with Crippen molar-refractivity contribution in [1.29, 1.82) is 0 Å². The van der Waals surface area contributed by atoms with Crippen molar-refractivity contribution in [3.8, 4) is 17.2 Å². The highest BCUT2D eigenvalue weighted by Gasteiger charge is 2.26. The highest BCUT2D eigenvalue weighted by atomic mass is 19.1. The van der Waals surface area contributed by atoms with Crippen molar-refractivity contribution in [3.05, 3.63) is 76.8 Å².